The molecular formula is C13H19NO4S. The van der Waals surface area contributed by atoms with E-state index in [1.807, 2.05) is 20.8 Å². The molecule has 1 rings (SSSR count). The second-order valence-electron chi connectivity index (χ2n) is 5.54. The molecular weight excluding hydrogens is 266 g/mol. The number of sulfonamides is 1. The van der Waals surface area contributed by atoms with Crippen molar-refractivity contribution in [3.63, 3.8) is 0 Å². The number of rotatable bonds is 4. The fourth-order valence-electron chi connectivity index (χ4n) is 1.27. The third-order valence-corrected chi connectivity index (χ3v) is 4.56. The average Bonchev–Trinajstić information content (AvgIpc) is 2.27. The van der Waals surface area contributed by atoms with Crippen LogP contribution in [0.1, 0.15) is 38.1 Å². The van der Waals surface area contributed by atoms with Crippen molar-refractivity contribution in [2.75, 3.05) is 0 Å². The summed E-state index contributed by atoms with van der Waals surface area (Å²) in [6.07, 6.45) is 0. The predicted molar refractivity (Wildman–Crippen MR) is 72.6 cm³/mol. The van der Waals surface area contributed by atoms with E-state index >= 15 is 0 Å². The fourth-order valence-corrected chi connectivity index (χ4v) is 2.77. The van der Waals surface area contributed by atoms with Gasteiger partial charge in [0.2, 0.25) is 10.0 Å². The first kappa shape index (κ1) is 15.7. The summed E-state index contributed by atoms with van der Waals surface area (Å²) in [6.45, 7) is 7.55. The molecule has 0 fully saturated rings. The van der Waals surface area contributed by atoms with E-state index in [-0.39, 0.29) is 21.9 Å². The first-order chi connectivity index (χ1) is 8.54. The van der Waals surface area contributed by atoms with E-state index in [1.54, 1.807) is 6.92 Å². The summed E-state index contributed by atoms with van der Waals surface area (Å²) in [4.78, 5) is 10.8. The van der Waals surface area contributed by atoms with E-state index in [1.165, 1.54) is 18.2 Å². The number of carbonyl (C=O) groups is 1. The molecule has 0 bridgehead atoms. The summed E-state index contributed by atoms with van der Waals surface area (Å²) in [5.41, 5.74) is -0.274. The number of carboxylic acid groups (broad SMARTS) is 1. The highest BCUT2D eigenvalue weighted by molar-refractivity contribution is 7.89. The van der Waals surface area contributed by atoms with E-state index in [0.717, 1.165) is 6.07 Å². The van der Waals surface area contributed by atoms with Crippen molar-refractivity contribution in [1.82, 2.24) is 4.72 Å². The van der Waals surface area contributed by atoms with Crippen LogP contribution >= 0.6 is 0 Å². The largest absolute Gasteiger partial charge is 0.478 e. The summed E-state index contributed by atoms with van der Waals surface area (Å²) in [5, 5.41) is 8.87. The zero-order chi connectivity index (χ0) is 14.8. The van der Waals surface area contributed by atoms with E-state index in [9.17, 15) is 13.2 Å². The molecule has 0 amide bonds. The van der Waals surface area contributed by atoms with E-state index in [4.69, 9.17) is 5.11 Å². The van der Waals surface area contributed by atoms with Gasteiger partial charge >= 0.3 is 5.97 Å². The lowest BCUT2D eigenvalue weighted by atomic mass is 9.89. The Kier molecular flexibility index (Phi) is 4.37. The number of nitrogens with one attached hydrogen (secondary N) is 1. The normalized spacial score (nSPS) is 14.1. The van der Waals surface area contributed by atoms with Crippen LogP contribution in [0.4, 0.5) is 0 Å². The van der Waals surface area contributed by atoms with Gasteiger partial charge in [-0.2, -0.15) is 0 Å². The Morgan fingerprint density at radius 2 is 1.89 bits per heavy atom. The maximum absolute atomic E-state index is 12.2. The molecule has 1 aromatic rings. The molecule has 0 spiro atoms. The maximum atomic E-state index is 12.2. The molecule has 6 heteroatoms. The van der Waals surface area contributed by atoms with Crippen molar-refractivity contribution in [1.29, 1.82) is 0 Å². The second kappa shape index (κ2) is 5.30. The lowest BCUT2D eigenvalue weighted by Gasteiger charge is -2.27. The molecule has 0 heterocycles. The standard InChI is InChI=1S/C13H19NO4S/c1-9(13(2,3)4)14-19(17,18)11-7-5-6-10(8-11)12(15)16/h5-9,14H,1-4H3,(H,15,16). The third kappa shape index (κ3) is 4.04. The van der Waals surface area contributed by atoms with Crippen LogP contribution in [-0.2, 0) is 10.0 Å². The molecule has 0 radical (unpaired) electrons. The van der Waals surface area contributed by atoms with Crippen LogP contribution in [0.25, 0.3) is 0 Å². The molecule has 0 aliphatic carbocycles. The van der Waals surface area contributed by atoms with Gasteiger partial charge in [-0.3, -0.25) is 0 Å². The molecule has 0 saturated carbocycles. The van der Waals surface area contributed by atoms with Crippen LogP contribution in [0, 0.1) is 5.41 Å². The molecule has 0 saturated heterocycles. The Balaban J connectivity index is 3.08. The van der Waals surface area contributed by atoms with Crippen LogP contribution in [-0.4, -0.2) is 25.5 Å². The van der Waals surface area contributed by atoms with Gasteiger partial charge in [0.25, 0.3) is 0 Å². The van der Waals surface area contributed by atoms with Crippen LogP contribution in [0.15, 0.2) is 29.2 Å². The maximum Gasteiger partial charge on any atom is 0.335 e. The van der Waals surface area contributed by atoms with E-state index in [2.05, 4.69) is 4.72 Å². The fraction of sp³-hybridized carbons (Fsp3) is 0.462. The van der Waals surface area contributed by atoms with Crippen molar-refractivity contribution in [2.45, 2.75) is 38.6 Å². The molecule has 1 aromatic carbocycles. The van der Waals surface area contributed by atoms with Crippen molar-refractivity contribution in [3.8, 4) is 0 Å². The SMILES string of the molecule is CC(NS(=O)(=O)c1cccc(C(=O)O)c1)C(C)(C)C. The highest BCUT2D eigenvalue weighted by Gasteiger charge is 2.26. The predicted octanol–water partition coefficient (Wildman–Crippen LogP) is 2.10. The average molecular weight is 285 g/mol. The summed E-state index contributed by atoms with van der Waals surface area (Å²) in [7, 11) is -3.71. The molecule has 19 heavy (non-hydrogen) atoms. The lowest BCUT2D eigenvalue weighted by molar-refractivity contribution is 0.0696. The lowest BCUT2D eigenvalue weighted by Crippen LogP contribution is -2.41. The van der Waals surface area contributed by atoms with Gasteiger partial charge in [0.1, 0.15) is 0 Å². The Hall–Kier alpha value is -1.40. The smallest absolute Gasteiger partial charge is 0.335 e. The van der Waals surface area contributed by atoms with Gasteiger partial charge in [-0.05, 0) is 30.5 Å². The Labute approximate surface area is 113 Å². The van der Waals surface area contributed by atoms with Crippen molar-refractivity contribution in [2.24, 2.45) is 5.41 Å². The first-order valence-electron chi connectivity index (χ1n) is 5.90. The zero-order valence-corrected chi connectivity index (χ0v) is 12.3. The molecule has 0 aliphatic heterocycles. The van der Waals surface area contributed by atoms with E-state index in [0.29, 0.717) is 0 Å². The minimum atomic E-state index is -3.71. The number of aromatic carboxylic acids is 1. The highest BCUT2D eigenvalue weighted by atomic mass is 32.2. The number of carboxylic acids is 1. The molecule has 0 aliphatic rings. The zero-order valence-electron chi connectivity index (χ0n) is 11.5. The van der Waals surface area contributed by atoms with Gasteiger partial charge in [-0.1, -0.05) is 26.8 Å². The number of hydrogen-bond donors (Lipinski definition) is 2. The van der Waals surface area contributed by atoms with Crippen LogP contribution in [0.2, 0.25) is 0 Å². The molecule has 0 aromatic heterocycles. The molecule has 1 unspecified atom stereocenters. The van der Waals surface area contributed by atoms with Gasteiger partial charge in [-0.15, -0.1) is 0 Å². The first-order valence-corrected chi connectivity index (χ1v) is 7.38. The van der Waals surface area contributed by atoms with Gasteiger partial charge in [0, 0.05) is 6.04 Å². The topological polar surface area (TPSA) is 83.5 Å². The van der Waals surface area contributed by atoms with Gasteiger partial charge < -0.3 is 5.11 Å². The Bertz CT molecular complexity index is 573. The molecule has 5 nitrogen and oxygen atoms in total. The number of hydrogen-bond acceptors (Lipinski definition) is 3. The van der Waals surface area contributed by atoms with Crippen LogP contribution in [0.3, 0.4) is 0 Å². The van der Waals surface area contributed by atoms with Gasteiger partial charge in [0.05, 0.1) is 10.5 Å². The van der Waals surface area contributed by atoms with Crippen LogP contribution < -0.4 is 4.72 Å². The van der Waals surface area contributed by atoms with Crippen molar-refractivity contribution < 1.29 is 18.3 Å². The van der Waals surface area contributed by atoms with Gasteiger partial charge in [0.15, 0.2) is 0 Å². The highest BCUT2D eigenvalue weighted by Crippen LogP contribution is 2.21. The quantitative estimate of drug-likeness (QED) is 0.887. The van der Waals surface area contributed by atoms with Crippen molar-refractivity contribution >= 4 is 16.0 Å². The monoisotopic (exact) mass is 285 g/mol. The Morgan fingerprint density at radius 3 is 2.37 bits per heavy atom. The van der Waals surface area contributed by atoms with Crippen molar-refractivity contribution in [3.05, 3.63) is 29.8 Å². The third-order valence-electron chi connectivity index (χ3n) is 3.02. The molecule has 1 atom stereocenters. The number of benzene rings is 1. The molecule has 106 valence electrons. The van der Waals surface area contributed by atoms with Gasteiger partial charge in [-0.25, -0.2) is 17.9 Å². The van der Waals surface area contributed by atoms with E-state index < -0.39 is 16.0 Å². The summed E-state index contributed by atoms with van der Waals surface area (Å²) in [5.74, 6) is -1.15. The summed E-state index contributed by atoms with van der Waals surface area (Å²) in [6, 6.07) is 5.03. The second-order valence-corrected chi connectivity index (χ2v) is 7.26. The summed E-state index contributed by atoms with van der Waals surface area (Å²) < 4.78 is 26.9. The summed E-state index contributed by atoms with van der Waals surface area (Å²) >= 11 is 0. The molecule has 2 N–H and O–H groups in total. The minimum Gasteiger partial charge on any atom is -0.478 e. The minimum absolute atomic E-state index is 0.0384. The van der Waals surface area contributed by atoms with Crippen LogP contribution in [0.5, 0.6) is 0 Å². The Morgan fingerprint density at radius 1 is 1.32 bits per heavy atom.